The molecule has 13 aromatic rings. The van der Waals surface area contributed by atoms with E-state index in [0.717, 1.165) is 34.1 Å². The number of hydrogen-bond acceptors (Lipinski definition) is 3. The van der Waals surface area contributed by atoms with E-state index in [1.54, 1.807) is 0 Å². The molecule has 2 nitrogen and oxygen atoms in total. The highest BCUT2D eigenvalue weighted by Crippen LogP contribution is 2.53. The lowest BCUT2D eigenvalue weighted by molar-refractivity contribution is 0.660. The van der Waals surface area contributed by atoms with Crippen molar-refractivity contribution in [3.8, 4) is 33.4 Å². The summed E-state index contributed by atoms with van der Waals surface area (Å²) in [6.45, 7) is 4.81. The Bertz CT molecular complexity index is 4150. The van der Waals surface area contributed by atoms with Crippen LogP contribution in [0.15, 0.2) is 255 Å². The molecule has 0 unspecified atom stereocenters. The molecule has 1 aliphatic rings. The van der Waals surface area contributed by atoms with Crippen LogP contribution in [-0.2, 0) is 5.41 Å². The van der Waals surface area contributed by atoms with Gasteiger partial charge in [0.25, 0.3) is 0 Å². The second-order valence-electron chi connectivity index (χ2n) is 19.7. The first kappa shape index (κ1) is 42.1. The summed E-state index contributed by atoms with van der Waals surface area (Å²) >= 11 is 1.90. The van der Waals surface area contributed by atoms with Crippen molar-refractivity contribution in [3.63, 3.8) is 0 Å². The van der Waals surface area contributed by atoms with Crippen molar-refractivity contribution in [2.45, 2.75) is 19.3 Å². The molecule has 0 saturated carbocycles. The van der Waals surface area contributed by atoms with E-state index in [-0.39, 0.29) is 5.41 Å². The molecule has 3 heteroatoms. The number of fused-ring (bicyclic) bond motifs is 12. The van der Waals surface area contributed by atoms with Gasteiger partial charge in [-0.15, -0.1) is 11.3 Å². The lowest BCUT2D eigenvalue weighted by Gasteiger charge is -2.29. The maximum Gasteiger partial charge on any atom is 0.0468 e. The summed E-state index contributed by atoms with van der Waals surface area (Å²) in [6.07, 6.45) is 0. The van der Waals surface area contributed by atoms with E-state index in [9.17, 15) is 0 Å². The minimum atomic E-state index is -0.235. The molecule has 0 amide bonds. The van der Waals surface area contributed by atoms with E-state index in [0.29, 0.717) is 0 Å². The van der Waals surface area contributed by atoms with E-state index in [1.807, 2.05) is 11.3 Å². The number of hydrogen-bond donors (Lipinski definition) is 0. The van der Waals surface area contributed by atoms with Crippen molar-refractivity contribution in [2.24, 2.45) is 0 Å². The summed E-state index contributed by atoms with van der Waals surface area (Å²) in [4.78, 5) is 4.77. The summed E-state index contributed by atoms with van der Waals surface area (Å²) in [5, 5.41) is 10.3. The fourth-order valence-corrected chi connectivity index (χ4v) is 12.9. The van der Waals surface area contributed by atoms with Crippen LogP contribution in [0.2, 0.25) is 0 Å². The summed E-state index contributed by atoms with van der Waals surface area (Å²) in [6, 6.07) is 94.0. The standard InChI is InChI=1S/C69H48N2S/c1-69(2)65-42-47(54-25-15-26-63-62-24-13-14-27-67(62)72-68(54)63)32-39-60(65)61-41-38-53(44-66(61)69)71(52-37-40-59-57-22-10-9-20-55(57)56-21-11-12-23-58(56)64(59)43-52)51-35-30-46(31-36-51)45-28-33-50(34-29-45)70(48-16-5-3-6-17-48)49-18-7-4-8-19-49/h3-44H,1-2H3. The molecule has 0 bridgehead atoms. The van der Waals surface area contributed by atoms with Crippen LogP contribution in [-0.4, -0.2) is 0 Å². The Kier molecular flexibility index (Phi) is 9.77. The van der Waals surface area contributed by atoms with Gasteiger partial charge >= 0.3 is 0 Å². The molecule has 14 rings (SSSR count). The molecule has 0 N–H and O–H groups in total. The number of thiophene rings is 1. The first-order chi connectivity index (χ1) is 35.5. The molecular weight excluding hydrogens is 889 g/mol. The summed E-state index contributed by atoms with van der Waals surface area (Å²) in [5.74, 6) is 0. The van der Waals surface area contributed by atoms with Gasteiger partial charge in [-0.25, -0.2) is 0 Å². The maximum atomic E-state index is 2.47. The normalized spacial score (nSPS) is 12.7. The Morgan fingerprint density at radius 2 is 0.694 bits per heavy atom. The molecule has 0 radical (unpaired) electrons. The third kappa shape index (κ3) is 6.77. The van der Waals surface area contributed by atoms with E-state index >= 15 is 0 Å². The Morgan fingerprint density at radius 1 is 0.278 bits per heavy atom. The Hall–Kier alpha value is -8.76. The topological polar surface area (TPSA) is 6.48 Å². The van der Waals surface area contributed by atoms with E-state index in [1.165, 1.54) is 97.0 Å². The predicted octanol–water partition coefficient (Wildman–Crippen LogP) is 20.1. The van der Waals surface area contributed by atoms with Crippen molar-refractivity contribution >= 4 is 98.0 Å². The van der Waals surface area contributed by atoms with Gasteiger partial charge < -0.3 is 9.80 Å². The number of anilines is 6. The van der Waals surface area contributed by atoms with E-state index in [2.05, 4.69) is 278 Å². The molecule has 12 aromatic carbocycles. The lowest BCUT2D eigenvalue weighted by atomic mass is 9.81. The zero-order valence-electron chi connectivity index (χ0n) is 40.1. The van der Waals surface area contributed by atoms with Gasteiger partial charge in [0.1, 0.15) is 0 Å². The van der Waals surface area contributed by atoms with E-state index in [4.69, 9.17) is 0 Å². The molecule has 0 spiro atoms. The van der Waals surface area contributed by atoms with Crippen LogP contribution in [0, 0.1) is 0 Å². The molecule has 72 heavy (non-hydrogen) atoms. The second kappa shape index (κ2) is 16.7. The second-order valence-corrected chi connectivity index (χ2v) is 20.7. The molecule has 340 valence electrons. The van der Waals surface area contributed by atoms with Gasteiger partial charge in [0.15, 0.2) is 0 Å². The van der Waals surface area contributed by atoms with Crippen LogP contribution >= 0.6 is 11.3 Å². The molecule has 1 aliphatic carbocycles. The van der Waals surface area contributed by atoms with E-state index < -0.39 is 0 Å². The highest BCUT2D eigenvalue weighted by Gasteiger charge is 2.36. The molecule has 0 aliphatic heterocycles. The number of para-hydroxylation sites is 2. The zero-order valence-corrected chi connectivity index (χ0v) is 40.9. The third-order valence-corrected chi connectivity index (χ3v) is 16.5. The van der Waals surface area contributed by atoms with Crippen LogP contribution in [0.5, 0.6) is 0 Å². The van der Waals surface area contributed by atoms with Gasteiger partial charge in [-0.05, 0) is 162 Å². The van der Waals surface area contributed by atoms with Crippen LogP contribution in [0.1, 0.15) is 25.0 Å². The first-order valence-corrected chi connectivity index (χ1v) is 25.7. The average molecular weight is 937 g/mol. The summed E-state index contributed by atoms with van der Waals surface area (Å²) in [7, 11) is 0. The average Bonchev–Trinajstić information content (AvgIpc) is 3.93. The highest BCUT2D eigenvalue weighted by atomic mass is 32.1. The quantitative estimate of drug-likeness (QED) is 0.140. The number of nitrogens with zero attached hydrogens (tertiary/aromatic N) is 2. The minimum absolute atomic E-state index is 0.235. The Morgan fingerprint density at radius 3 is 1.31 bits per heavy atom. The fourth-order valence-electron chi connectivity index (χ4n) is 11.7. The SMILES string of the molecule is CC1(C)c2cc(-c3cccc4c3sc3ccccc34)ccc2-c2ccc(N(c3ccc(-c4ccc(N(c5ccccc5)c5ccccc5)cc4)cc3)c3ccc4c5ccccc5c5ccccc5c4c3)cc21. The van der Waals surface area contributed by atoms with Gasteiger partial charge in [0.2, 0.25) is 0 Å². The summed E-state index contributed by atoms with van der Waals surface area (Å²) in [5.41, 5.74) is 16.7. The third-order valence-electron chi connectivity index (χ3n) is 15.2. The van der Waals surface area contributed by atoms with Gasteiger partial charge in [-0.2, -0.15) is 0 Å². The molecule has 1 aromatic heterocycles. The maximum absolute atomic E-state index is 2.47. The Balaban J connectivity index is 0.875. The van der Waals surface area contributed by atoms with Crippen molar-refractivity contribution < 1.29 is 0 Å². The fraction of sp³-hybridized carbons (Fsp3) is 0.0435. The Labute approximate surface area is 423 Å². The lowest BCUT2D eigenvalue weighted by Crippen LogP contribution is -2.16. The molecule has 0 saturated heterocycles. The van der Waals surface area contributed by atoms with Gasteiger partial charge in [-0.3, -0.25) is 0 Å². The van der Waals surface area contributed by atoms with Crippen LogP contribution < -0.4 is 9.80 Å². The van der Waals surface area contributed by atoms with Gasteiger partial charge in [0.05, 0.1) is 0 Å². The van der Waals surface area contributed by atoms with Crippen molar-refractivity contribution in [3.05, 3.63) is 266 Å². The van der Waals surface area contributed by atoms with Crippen molar-refractivity contribution in [1.82, 2.24) is 0 Å². The zero-order chi connectivity index (χ0) is 47.9. The predicted molar refractivity (Wildman–Crippen MR) is 310 cm³/mol. The van der Waals surface area contributed by atoms with Gasteiger partial charge in [-0.1, -0.05) is 184 Å². The molecule has 0 fully saturated rings. The largest absolute Gasteiger partial charge is 0.311 e. The van der Waals surface area contributed by atoms with Crippen LogP contribution in [0.25, 0.3) is 85.9 Å². The van der Waals surface area contributed by atoms with Crippen molar-refractivity contribution in [1.29, 1.82) is 0 Å². The van der Waals surface area contributed by atoms with Crippen molar-refractivity contribution in [2.75, 3.05) is 9.80 Å². The molecular formula is C69H48N2S. The number of rotatable bonds is 8. The monoisotopic (exact) mass is 936 g/mol. The number of benzene rings is 12. The molecule has 1 heterocycles. The minimum Gasteiger partial charge on any atom is -0.311 e. The van der Waals surface area contributed by atoms with Crippen LogP contribution in [0.3, 0.4) is 0 Å². The van der Waals surface area contributed by atoms with Crippen LogP contribution in [0.4, 0.5) is 34.1 Å². The smallest absolute Gasteiger partial charge is 0.0468 e. The van der Waals surface area contributed by atoms with Gasteiger partial charge in [0, 0.05) is 59.7 Å². The molecule has 0 atom stereocenters. The highest BCUT2D eigenvalue weighted by molar-refractivity contribution is 7.26. The first-order valence-electron chi connectivity index (χ1n) is 24.9. The summed E-state index contributed by atoms with van der Waals surface area (Å²) < 4.78 is 2.68.